The van der Waals surface area contributed by atoms with Gasteiger partial charge in [0.25, 0.3) is 5.56 Å². The number of nitrogens with zero attached hydrogens (tertiary/aromatic N) is 2. The van der Waals surface area contributed by atoms with E-state index in [0.29, 0.717) is 36.0 Å². The maximum absolute atomic E-state index is 13.1. The second kappa shape index (κ2) is 6.67. The van der Waals surface area contributed by atoms with E-state index in [2.05, 4.69) is 11.9 Å². The van der Waals surface area contributed by atoms with Crippen LogP contribution in [0.2, 0.25) is 0 Å². The van der Waals surface area contributed by atoms with Crippen molar-refractivity contribution in [2.45, 2.75) is 58.4 Å². The molecular weight excluding hydrogens is 304 g/mol. The molecule has 0 bridgehead atoms. The molecular formula is C19H22N2O3. The summed E-state index contributed by atoms with van der Waals surface area (Å²) >= 11 is 0. The molecule has 0 N–H and O–H groups in total. The smallest absolute Gasteiger partial charge is 0.262 e. The first-order chi connectivity index (χ1) is 11.5. The Balaban J connectivity index is 2.21. The lowest BCUT2D eigenvalue weighted by molar-refractivity contribution is -0.132. The van der Waals surface area contributed by atoms with Gasteiger partial charge >= 0.3 is 0 Å². The number of benzene rings is 1. The minimum Gasteiger partial charge on any atom is -0.299 e. The highest BCUT2D eigenvalue weighted by Crippen LogP contribution is 2.25. The number of unbranched alkanes of at least 4 members (excludes halogenated alkanes) is 1. The van der Waals surface area contributed by atoms with Crippen LogP contribution in [0.3, 0.4) is 0 Å². The summed E-state index contributed by atoms with van der Waals surface area (Å²) in [6, 6.07) is 5.06. The van der Waals surface area contributed by atoms with Crippen molar-refractivity contribution in [2.75, 3.05) is 0 Å². The third-order valence-corrected chi connectivity index (χ3v) is 4.72. The Bertz CT molecular complexity index is 867. The Morgan fingerprint density at radius 3 is 2.75 bits per heavy atom. The zero-order valence-corrected chi connectivity index (χ0v) is 14.2. The van der Waals surface area contributed by atoms with E-state index in [1.54, 1.807) is 4.57 Å². The molecule has 24 heavy (non-hydrogen) atoms. The first-order valence-electron chi connectivity index (χ1n) is 8.58. The number of hydrogen-bond acceptors (Lipinski definition) is 4. The fourth-order valence-corrected chi connectivity index (χ4v) is 3.42. The fraction of sp³-hybridized carbons (Fsp3) is 0.474. The van der Waals surface area contributed by atoms with Crippen LogP contribution in [-0.2, 0) is 16.0 Å². The highest BCUT2D eigenvalue weighted by atomic mass is 16.2. The number of carbonyl (C=O) groups excluding carboxylic acids is 2. The molecule has 3 rings (SSSR count). The van der Waals surface area contributed by atoms with Crippen LogP contribution in [0, 0.1) is 6.92 Å². The number of hydrogen-bond donors (Lipinski definition) is 0. The molecule has 1 saturated carbocycles. The van der Waals surface area contributed by atoms with E-state index in [0.717, 1.165) is 18.4 Å². The van der Waals surface area contributed by atoms with Crippen molar-refractivity contribution in [3.63, 3.8) is 0 Å². The average molecular weight is 326 g/mol. The van der Waals surface area contributed by atoms with Crippen LogP contribution in [0.15, 0.2) is 23.0 Å². The molecule has 126 valence electrons. The Labute approximate surface area is 140 Å². The van der Waals surface area contributed by atoms with Crippen LogP contribution in [0.25, 0.3) is 10.9 Å². The zero-order chi connectivity index (χ0) is 17.3. The number of Topliss-reactive ketones (excluding diaryl/α,β-unsaturated/α-hetero) is 2. The predicted molar refractivity (Wildman–Crippen MR) is 92.3 cm³/mol. The number of aromatic nitrogens is 2. The quantitative estimate of drug-likeness (QED) is 0.810. The van der Waals surface area contributed by atoms with Crippen molar-refractivity contribution in [1.82, 2.24) is 9.55 Å². The molecule has 1 unspecified atom stereocenters. The molecule has 1 aromatic carbocycles. The summed E-state index contributed by atoms with van der Waals surface area (Å²) in [5, 5.41) is 0.572. The molecule has 1 heterocycles. The van der Waals surface area contributed by atoms with Crippen LogP contribution in [0.5, 0.6) is 0 Å². The van der Waals surface area contributed by atoms with Gasteiger partial charge in [-0.05, 0) is 31.4 Å². The first kappa shape index (κ1) is 16.6. The highest BCUT2D eigenvalue weighted by Gasteiger charge is 2.31. The van der Waals surface area contributed by atoms with E-state index in [4.69, 9.17) is 0 Å². The predicted octanol–water partition coefficient (Wildman–Crippen LogP) is 2.91. The second-order valence-electron chi connectivity index (χ2n) is 6.51. The Hall–Kier alpha value is -2.30. The summed E-state index contributed by atoms with van der Waals surface area (Å²) in [5.74, 6) is 0.456. The van der Waals surface area contributed by atoms with Gasteiger partial charge in [-0.3, -0.25) is 19.0 Å². The van der Waals surface area contributed by atoms with Crippen molar-refractivity contribution >= 4 is 22.5 Å². The lowest BCUT2D eigenvalue weighted by atomic mass is 9.92. The molecule has 2 aromatic rings. The zero-order valence-electron chi connectivity index (χ0n) is 14.2. The molecule has 1 fully saturated rings. The summed E-state index contributed by atoms with van der Waals surface area (Å²) in [7, 11) is 0. The van der Waals surface area contributed by atoms with Gasteiger partial charge in [0.05, 0.1) is 23.4 Å². The van der Waals surface area contributed by atoms with E-state index >= 15 is 0 Å². The lowest BCUT2D eigenvalue weighted by Gasteiger charge is -2.25. The SMILES string of the molecule is CCCCc1nc2cccc(C)c2c(=O)n1C1CCC(=O)CC1=O. The largest absolute Gasteiger partial charge is 0.299 e. The minimum atomic E-state index is -0.557. The molecule has 0 amide bonds. The monoisotopic (exact) mass is 326 g/mol. The summed E-state index contributed by atoms with van der Waals surface area (Å²) in [4.78, 5) is 41.8. The second-order valence-corrected chi connectivity index (χ2v) is 6.51. The van der Waals surface area contributed by atoms with Gasteiger partial charge in [0.15, 0.2) is 5.78 Å². The van der Waals surface area contributed by atoms with Crippen LogP contribution >= 0.6 is 0 Å². The van der Waals surface area contributed by atoms with Crippen molar-refractivity contribution in [3.8, 4) is 0 Å². The number of aryl methyl sites for hydroxylation is 2. The molecule has 1 aliphatic rings. The molecule has 1 aliphatic carbocycles. The van der Waals surface area contributed by atoms with Gasteiger partial charge in [0.2, 0.25) is 0 Å². The topological polar surface area (TPSA) is 69.0 Å². The number of rotatable bonds is 4. The van der Waals surface area contributed by atoms with E-state index < -0.39 is 6.04 Å². The summed E-state index contributed by atoms with van der Waals surface area (Å²) in [5.41, 5.74) is 1.39. The van der Waals surface area contributed by atoms with Crippen molar-refractivity contribution in [1.29, 1.82) is 0 Å². The van der Waals surface area contributed by atoms with Crippen LogP contribution in [0.4, 0.5) is 0 Å². The van der Waals surface area contributed by atoms with Crippen LogP contribution in [-0.4, -0.2) is 21.1 Å². The van der Waals surface area contributed by atoms with Crippen molar-refractivity contribution in [2.24, 2.45) is 0 Å². The Morgan fingerprint density at radius 1 is 1.25 bits per heavy atom. The van der Waals surface area contributed by atoms with Crippen molar-refractivity contribution < 1.29 is 9.59 Å². The third kappa shape index (κ3) is 2.90. The number of ketones is 2. The minimum absolute atomic E-state index is 0.0377. The standard InChI is InChI=1S/C19H22N2O3/c1-3-4-8-17-20-14-7-5-6-12(2)18(14)19(24)21(17)15-10-9-13(22)11-16(15)23/h5-7,15H,3-4,8-11H2,1-2H3. The molecule has 5 nitrogen and oxygen atoms in total. The maximum atomic E-state index is 13.1. The lowest BCUT2D eigenvalue weighted by Crippen LogP contribution is -2.37. The molecule has 0 aliphatic heterocycles. The molecule has 1 aromatic heterocycles. The van der Waals surface area contributed by atoms with E-state index in [1.807, 2.05) is 25.1 Å². The maximum Gasteiger partial charge on any atom is 0.262 e. The van der Waals surface area contributed by atoms with Gasteiger partial charge in [-0.25, -0.2) is 4.98 Å². The van der Waals surface area contributed by atoms with Crippen LogP contribution < -0.4 is 5.56 Å². The van der Waals surface area contributed by atoms with Gasteiger partial charge in [0.1, 0.15) is 11.6 Å². The first-order valence-corrected chi connectivity index (χ1v) is 8.58. The highest BCUT2D eigenvalue weighted by molar-refractivity contribution is 6.03. The average Bonchev–Trinajstić information content (AvgIpc) is 2.54. The normalized spacial score (nSPS) is 18.3. The van der Waals surface area contributed by atoms with Crippen LogP contribution in [0.1, 0.15) is 56.5 Å². The summed E-state index contributed by atoms with van der Waals surface area (Å²) in [6.45, 7) is 3.96. The third-order valence-electron chi connectivity index (χ3n) is 4.72. The van der Waals surface area contributed by atoms with Crippen molar-refractivity contribution in [3.05, 3.63) is 39.9 Å². The van der Waals surface area contributed by atoms with Gasteiger partial charge in [-0.1, -0.05) is 25.5 Å². The van der Waals surface area contributed by atoms with Gasteiger partial charge < -0.3 is 0 Å². The van der Waals surface area contributed by atoms with E-state index in [1.165, 1.54) is 0 Å². The Kier molecular flexibility index (Phi) is 4.60. The molecule has 5 heteroatoms. The molecule has 0 saturated heterocycles. The van der Waals surface area contributed by atoms with E-state index in [9.17, 15) is 14.4 Å². The number of fused-ring (bicyclic) bond motifs is 1. The molecule has 0 radical (unpaired) electrons. The fourth-order valence-electron chi connectivity index (χ4n) is 3.42. The number of carbonyl (C=O) groups is 2. The van der Waals surface area contributed by atoms with Gasteiger partial charge in [-0.2, -0.15) is 0 Å². The van der Waals surface area contributed by atoms with Gasteiger partial charge in [-0.15, -0.1) is 0 Å². The molecule has 0 spiro atoms. The van der Waals surface area contributed by atoms with Gasteiger partial charge in [0, 0.05) is 12.8 Å². The summed E-state index contributed by atoms with van der Waals surface area (Å²) in [6.07, 6.45) is 3.23. The Morgan fingerprint density at radius 2 is 2.04 bits per heavy atom. The molecule has 1 atom stereocenters. The van der Waals surface area contributed by atoms with E-state index in [-0.39, 0.29) is 23.5 Å². The summed E-state index contributed by atoms with van der Waals surface area (Å²) < 4.78 is 1.57.